The highest BCUT2D eigenvalue weighted by molar-refractivity contribution is 14.0. The minimum absolute atomic E-state index is 0. The molecular formula is C21H31IN6O. The van der Waals surface area contributed by atoms with Gasteiger partial charge in [-0.25, -0.2) is 9.98 Å². The van der Waals surface area contributed by atoms with E-state index in [4.69, 9.17) is 4.99 Å². The molecule has 2 heterocycles. The average molecular weight is 510 g/mol. The highest BCUT2D eigenvalue weighted by Crippen LogP contribution is 2.31. The molecule has 0 fully saturated rings. The van der Waals surface area contributed by atoms with Crippen LogP contribution in [0.4, 0.5) is 5.69 Å². The van der Waals surface area contributed by atoms with Gasteiger partial charge in [0.1, 0.15) is 12.4 Å². The lowest BCUT2D eigenvalue weighted by atomic mass is 9.90. The number of benzene rings is 1. The van der Waals surface area contributed by atoms with Crippen LogP contribution in [0.5, 0.6) is 0 Å². The number of aliphatic imine (C=N–C) groups is 1. The Kier molecular flexibility index (Phi) is 8.94. The number of halogens is 1. The highest BCUT2D eigenvalue weighted by Gasteiger charge is 2.24. The molecule has 29 heavy (non-hydrogen) atoms. The molecule has 1 unspecified atom stereocenters. The van der Waals surface area contributed by atoms with Crippen LogP contribution in [-0.2, 0) is 17.9 Å². The van der Waals surface area contributed by atoms with Gasteiger partial charge in [-0.2, -0.15) is 0 Å². The van der Waals surface area contributed by atoms with Gasteiger partial charge in [-0.3, -0.25) is 4.79 Å². The smallest absolute Gasteiger partial charge is 0.225 e. The first-order chi connectivity index (χ1) is 13.6. The molecule has 0 aliphatic carbocycles. The van der Waals surface area contributed by atoms with Gasteiger partial charge >= 0.3 is 0 Å². The van der Waals surface area contributed by atoms with Gasteiger partial charge in [-0.15, -0.1) is 24.0 Å². The third-order valence-corrected chi connectivity index (χ3v) is 4.71. The lowest BCUT2D eigenvalue weighted by molar-refractivity contribution is -0.116. The Hall–Kier alpha value is -2.10. The van der Waals surface area contributed by atoms with E-state index in [1.165, 1.54) is 0 Å². The van der Waals surface area contributed by atoms with Crippen molar-refractivity contribution in [2.24, 2.45) is 10.9 Å². The molecule has 0 radical (unpaired) electrons. The number of aromatic nitrogens is 2. The van der Waals surface area contributed by atoms with Crippen molar-refractivity contribution in [2.75, 3.05) is 18.4 Å². The third-order valence-electron chi connectivity index (χ3n) is 4.71. The second-order valence-corrected chi connectivity index (χ2v) is 7.50. The van der Waals surface area contributed by atoms with E-state index in [0.29, 0.717) is 25.4 Å². The maximum absolute atomic E-state index is 12.0. The Morgan fingerprint density at radius 1 is 1.34 bits per heavy atom. The van der Waals surface area contributed by atoms with Crippen molar-refractivity contribution in [3.63, 3.8) is 0 Å². The summed E-state index contributed by atoms with van der Waals surface area (Å²) in [5.41, 5.74) is 2.07. The summed E-state index contributed by atoms with van der Waals surface area (Å²) in [5.74, 6) is 2.43. The third kappa shape index (κ3) is 6.45. The molecule has 0 saturated carbocycles. The number of anilines is 1. The zero-order valence-electron chi connectivity index (χ0n) is 17.3. The van der Waals surface area contributed by atoms with Crippen LogP contribution in [0.1, 0.15) is 44.5 Å². The number of imidazole rings is 1. The predicted molar refractivity (Wildman–Crippen MR) is 128 cm³/mol. The highest BCUT2D eigenvalue weighted by atomic mass is 127. The van der Waals surface area contributed by atoms with Crippen LogP contribution in [0.2, 0.25) is 0 Å². The van der Waals surface area contributed by atoms with E-state index in [1.54, 1.807) is 0 Å². The average Bonchev–Trinajstić information content (AvgIpc) is 3.10. The molecule has 0 spiro atoms. The van der Waals surface area contributed by atoms with Crippen LogP contribution in [0, 0.1) is 5.92 Å². The standard InChI is InChI=1S/C21H30N6O.HI/c1-4-22-21(25-13-19-23-9-10-27(19)14-15(2)3)24-12-16-11-20(28)26-18-8-6-5-7-17(16)18;/h5-10,15-16H,4,11-14H2,1-3H3,(H,26,28)(H2,22,24,25);1H. The van der Waals surface area contributed by atoms with E-state index < -0.39 is 0 Å². The molecule has 158 valence electrons. The number of hydrogen-bond donors (Lipinski definition) is 3. The minimum atomic E-state index is 0. The molecule has 1 aromatic heterocycles. The zero-order chi connectivity index (χ0) is 19.9. The van der Waals surface area contributed by atoms with Crippen LogP contribution in [0.25, 0.3) is 0 Å². The van der Waals surface area contributed by atoms with Crippen molar-refractivity contribution in [3.05, 3.63) is 48.0 Å². The first-order valence-corrected chi connectivity index (χ1v) is 9.97. The molecule has 1 aliphatic heterocycles. The summed E-state index contributed by atoms with van der Waals surface area (Å²) in [6.07, 6.45) is 4.30. The summed E-state index contributed by atoms with van der Waals surface area (Å²) in [6.45, 7) is 9.29. The lowest BCUT2D eigenvalue weighted by Crippen LogP contribution is -2.40. The molecule has 0 bridgehead atoms. The first-order valence-electron chi connectivity index (χ1n) is 9.97. The van der Waals surface area contributed by atoms with Gasteiger partial charge in [-0.05, 0) is 24.5 Å². The van der Waals surface area contributed by atoms with E-state index in [9.17, 15) is 4.79 Å². The van der Waals surface area contributed by atoms with Crippen molar-refractivity contribution in [2.45, 2.75) is 46.2 Å². The number of fused-ring (bicyclic) bond motifs is 1. The van der Waals surface area contributed by atoms with Crippen LogP contribution in [0.3, 0.4) is 0 Å². The summed E-state index contributed by atoms with van der Waals surface area (Å²) in [4.78, 5) is 21.1. The molecule has 1 atom stereocenters. The monoisotopic (exact) mass is 510 g/mol. The topological polar surface area (TPSA) is 83.3 Å². The summed E-state index contributed by atoms with van der Waals surface area (Å²) in [6, 6.07) is 7.98. The van der Waals surface area contributed by atoms with Crippen molar-refractivity contribution >= 4 is 41.5 Å². The second-order valence-electron chi connectivity index (χ2n) is 7.50. The Labute approximate surface area is 189 Å². The van der Waals surface area contributed by atoms with Crippen molar-refractivity contribution in [1.82, 2.24) is 20.2 Å². The van der Waals surface area contributed by atoms with Gasteiger partial charge in [-0.1, -0.05) is 32.0 Å². The van der Waals surface area contributed by atoms with Crippen LogP contribution in [0.15, 0.2) is 41.7 Å². The quantitative estimate of drug-likeness (QED) is 0.303. The van der Waals surface area contributed by atoms with Crippen LogP contribution in [-0.4, -0.2) is 34.5 Å². The molecule has 8 heteroatoms. The maximum atomic E-state index is 12.0. The fourth-order valence-corrected chi connectivity index (χ4v) is 3.45. The zero-order valence-corrected chi connectivity index (χ0v) is 19.6. The first kappa shape index (κ1) is 23.2. The van der Waals surface area contributed by atoms with Gasteiger partial charge in [0, 0.05) is 50.1 Å². The number of rotatable bonds is 7. The molecule has 3 rings (SSSR count). The number of carbonyl (C=O) groups is 1. The summed E-state index contributed by atoms with van der Waals surface area (Å²) in [7, 11) is 0. The van der Waals surface area contributed by atoms with Crippen LogP contribution < -0.4 is 16.0 Å². The van der Waals surface area contributed by atoms with Crippen molar-refractivity contribution < 1.29 is 4.79 Å². The van der Waals surface area contributed by atoms with Crippen LogP contribution >= 0.6 is 24.0 Å². The fraction of sp³-hybridized carbons (Fsp3) is 0.476. The van der Waals surface area contributed by atoms with E-state index in [2.05, 4.69) is 45.4 Å². The summed E-state index contributed by atoms with van der Waals surface area (Å²) >= 11 is 0. The second kappa shape index (κ2) is 11.2. The Bertz CT molecular complexity index is 832. The van der Waals surface area contributed by atoms with E-state index in [-0.39, 0.29) is 35.8 Å². The Balaban J connectivity index is 0.00000300. The number of para-hydroxylation sites is 1. The van der Waals surface area contributed by atoms with Gasteiger partial charge in [0.2, 0.25) is 5.91 Å². The molecule has 2 aromatic rings. The number of nitrogens with zero attached hydrogens (tertiary/aromatic N) is 3. The lowest BCUT2D eigenvalue weighted by Gasteiger charge is -2.26. The van der Waals surface area contributed by atoms with Gasteiger partial charge in [0.05, 0.1) is 0 Å². The van der Waals surface area contributed by atoms with E-state index >= 15 is 0 Å². The molecule has 7 nitrogen and oxygen atoms in total. The van der Waals surface area contributed by atoms with Gasteiger partial charge in [0.15, 0.2) is 5.96 Å². The largest absolute Gasteiger partial charge is 0.357 e. The number of carbonyl (C=O) groups excluding carboxylic acids is 1. The maximum Gasteiger partial charge on any atom is 0.225 e. The van der Waals surface area contributed by atoms with Crippen molar-refractivity contribution in [3.8, 4) is 0 Å². The van der Waals surface area contributed by atoms with E-state index in [0.717, 1.165) is 36.1 Å². The SMILES string of the molecule is CCNC(=NCc1nccn1CC(C)C)NCC1CC(=O)Nc2ccccc21.I. The fourth-order valence-electron chi connectivity index (χ4n) is 3.45. The molecule has 1 aromatic carbocycles. The minimum Gasteiger partial charge on any atom is -0.357 e. The Morgan fingerprint density at radius 3 is 2.90 bits per heavy atom. The normalized spacial score (nSPS) is 16.1. The number of amides is 1. The van der Waals surface area contributed by atoms with Crippen molar-refractivity contribution in [1.29, 1.82) is 0 Å². The predicted octanol–water partition coefficient (Wildman–Crippen LogP) is 3.34. The number of hydrogen-bond acceptors (Lipinski definition) is 3. The molecule has 3 N–H and O–H groups in total. The number of guanidine groups is 1. The molecular weight excluding hydrogens is 479 g/mol. The molecule has 0 saturated heterocycles. The summed E-state index contributed by atoms with van der Waals surface area (Å²) in [5, 5.41) is 9.62. The van der Waals surface area contributed by atoms with Gasteiger partial charge < -0.3 is 20.5 Å². The van der Waals surface area contributed by atoms with Gasteiger partial charge in [0.25, 0.3) is 0 Å². The Morgan fingerprint density at radius 2 is 2.14 bits per heavy atom. The molecule has 1 aliphatic rings. The summed E-state index contributed by atoms with van der Waals surface area (Å²) < 4.78 is 2.15. The molecule has 1 amide bonds. The van der Waals surface area contributed by atoms with E-state index in [1.807, 2.05) is 37.5 Å². The number of nitrogens with one attached hydrogen (secondary N) is 3.